The van der Waals surface area contributed by atoms with E-state index < -0.39 is 5.97 Å². The number of rotatable bonds is 9. The molecule has 0 fully saturated rings. The number of carbonyl (C=O) groups excluding carboxylic acids is 1. The Hall–Kier alpha value is -1.56. The number of carbonyl (C=O) groups is 2. The number of hydrogen-bond donors (Lipinski definition) is 1. The highest BCUT2D eigenvalue weighted by Gasteiger charge is 2.16. The summed E-state index contributed by atoms with van der Waals surface area (Å²) in [5.41, 5.74) is 0. The van der Waals surface area contributed by atoms with E-state index >= 15 is 0 Å². The van der Waals surface area contributed by atoms with Gasteiger partial charge < -0.3 is 10.0 Å². The van der Waals surface area contributed by atoms with Gasteiger partial charge in [-0.3, -0.25) is 9.59 Å². The molecule has 6 heteroatoms. The smallest absolute Gasteiger partial charge is 0.305 e. The molecule has 0 aromatic heterocycles. The van der Waals surface area contributed by atoms with Crippen molar-refractivity contribution >= 4 is 23.6 Å². The van der Waals surface area contributed by atoms with E-state index in [-0.39, 0.29) is 37.0 Å². The lowest BCUT2D eigenvalue weighted by Crippen LogP contribution is -2.36. The molecule has 4 nitrogen and oxygen atoms in total. The van der Waals surface area contributed by atoms with Crippen molar-refractivity contribution in [3.8, 4) is 0 Å². The summed E-state index contributed by atoms with van der Waals surface area (Å²) in [6.45, 7) is 4.72. The van der Waals surface area contributed by atoms with Crippen LogP contribution < -0.4 is 0 Å². The van der Waals surface area contributed by atoms with Gasteiger partial charge in [-0.1, -0.05) is 26.0 Å². The number of halogens is 1. The Labute approximate surface area is 134 Å². The Morgan fingerprint density at radius 3 is 2.55 bits per heavy atom. The Morgan fingerprint density at radius 1 is 1.27 bits per heavy atom. The Bertz CT molecular complexity index is 508. The zero-order valence-electron chi connectivity index (χ0n) is 12.9. The van der Waals surface area contributed by atoms with Gasteiger partial charge in [0.2, 0.25) is 5.91 Å². The van der Waals surface area contributed by atoms with Crippen LogP contribution in [0.15, 0.2) is 29.2 Å². The number of carboxylic acid groups (broad SMARTS) is 1. The van der Waals surface area contributed by atoms with E-state index in [2.05, 4.69) is 0 Å². The maximum Gasteiger partial charge on any atom is 0.305 e. The second-order valence-corrected chi connectivity index (χ2v) is 6.54. The average Bonchev–Trinajstić information content (AvgIpc) is 2.44. The van der Waals surface area contributed by atoms with Crippen LogP contribution in [0.5, 0.6) is 0 Å². The van der Waals surface area contributed by atoms with Gasteiger partial charge in [-0.25, -0.2) is 4.39 Å². The molecule has 1 amide bonds. The van der Waals surface area contributed by atoms with Gasteiger partial charge in [-0.05, 0) is 18.1 Å². The molecule has 0 unspecified atom stereocenters. The van der Waals surface area contributed by atoms with E-state index in [0.29, 0.717) is 17.2 Å². The minimum atomic E-state index is -0.915. The van der Waals surface area contributed by atoms with Gasteiger partial charge in [0.05, 0.1) is 6.42 Å². The monoisotopic (exact) mass is 327 g/mol. The Balaban J connectivity index is 2.48. The van der Waals surface area contributed by atoms with E-state index in [1.165, 1.54) is 17.8 Å². The topological polar surface area (TPSA) is 57.6 Å². The van der Waals surface area contributed by atoms with Gasteiger partial charge in [-0.15, -0.1) is 11.8 Å². The molecule has 0 saturated heterocycles. The van der Waals surface area contributed by atoms with Crippen LogP contribution in [-0.2, 0) is 9.59 Å². The fourth-order valence-corrected chi connectivity index (χ4v) is 2.83. The van der Waals surface area contributed by atoms with Gasteiger partial charge >= 0.3 is 5.97 Å². The number of carboxylic acids is 1. The lowest BCUT2D eigenvalue weighted by Gasteiger charge is -2.24. The molecule has 0 bridgehead atoms. The molecule has 22 heavy (non-hydrogen) atoms. The lowest BCUT2D eigenvalue weighted by molar-refractivity contribution is -0.138. The third-order valence-corrected chi connectivity index (χ3v) is 3.99. The Kier molecular flexibility index (Phi) is 7.95. The largest absolute Gasteiger partial charge is 0.481 e. The van der Waals surface area contributed by atoms with Crippen molar-refractivity contribution in [2.75, 3.05) is 18.8 Å². The van der Waals surface area contributed by atoms with Gasteiger partial charge in [0.15, 0.2) is 0 Å². The summed E-state index contributed by atoms with van der Waals surface area (Å²) in [6.07, 6.45) is 0.213. The van der Waals surface area contributed by atoms with Crippen molar-refractivity contribution in [1.82, 2.24) is 4.90 Å². The fraction of sp³-hybridized carbons (Fsp3) is 0.500. The fourth-order valence-electron chi connectivity index (χ4n) is 1.96. The molecule has 0 aliphatic carbocycles. The van der Waals surface area contributed by atoms with E-state index in [0.717, 1.165) is 0 Å². The first-order chi connectivity index (χ1) is 10.4. The normalized spacial score (nSPS) is 10.7. The summed E-state index contributed by atoms with van der Waals surface area (Å²) in [5.74, 6) is -0.538. The molecule has 0 heterocycles. The van der Waals surface area contributed by atoms with E-state index in [4.69, 9.17) is 5.11 Å². The molecule has 0 aliphatic heterocycles. The minimum absolute atomic E-state index is 0.0566. The van der Waals surface area contributed by atoms with Crippen molar-refractivity contribution < 1.29 is 19.1 Å². The summed E-state index contributed by atoms with van der Waals surface area (Å²) in [4.78, 5) is 25.0. The number of thioether (sulfide) groups is 1. The van der Waals surface area contributed by atoms with Crippen LogP contribution in [0, 0.1) is 11.7 Å². The first-order valence-corrected chi connectivity index (χ1v) is 8.25. The highest BCUT2D eigenvalue weighted by molar-refractivity contribution is 7.99. The van der Waals surface area contributed by atoms with Crippen LogP contribution in [0.2, 0.25) is 0 Å². The van der Waals surface area contributed by atoms with Crippen LogP contribution in [0.1, 0.15) is 26.7 Å². The number of benzene rings is 1. The molecular formula is C16H22FNO3S. The van der Waals surface area contributed by atoms with E-state index in [1.54, 1.807) is 23.1 Å². The number of nitrogens with zero attached hydrogens (tertiary/aromatic N) is 1. The third-order valence-electron chi connectivity index (χ3n) is 2.94. The van der Waals surface area contributed by atoms with Crippen molar-refractivity contribution in [2.24, 2.45) is 5.92 Å². The quantitative estimate of drug-likeness (QED) is 0.707. The van der Waals surface area contributed by atoms with Crippen LogP contribution in [0.25, 0.3) is 0 Å². The summed E-state index contributed by atoms with van der Waals surface area (Å²) >= 11 is 1.30. The molecule has 1 rings (SSSR count). The minimum Gasteiger partial charge on any atom is -0.481 e. The highest BCUT2D eigenvalue weighted by Crippen LogP contribution is 2.22. The number of aliphatic carboxylic acids is 1. The van der Waals surface area contributed by atoms with Gasteiger partial charge in [0, 0.05) is 30.2 Å². The summed E-state index contributed by atoms with van der Waals surface area (Å²) in [5, 5.41) is 8.75. The molecule has 0 spiro atoms. The van der Waals surface area contributed by atoms with Crippen molar-refractivity contribution in [3.63, 3.8) is 0 Å². The van der Waals surface area contributed by atoms with E-state index in [1.807, 2.05) is 13.8 Å². The predicted octanol–water partition coefficient (Wildman–Crippen LogP) is 3.27. The van der Waals surface area contributed by atoms with Gasteiger partial charge in [0.1, 0.15) is 5.82 Å². The predicted molar refractivity (Wildman–Crippen MR) is 85.4 cm³/mol. The number of amides is 1. The molecule has 1 aromatic rings. The number of hydrogen-bond acceptors (Lipinski definition) is 3. The SMILES string of the molecule is CC(C)CN(CCC(=O)O)C(=O)CCSc1ccccc1F. The molecule has 0 saturated carbocycles. The van der Waals surface area contributed by atoms with Crippen molar-refractivity contribution in [2.45, 2.75) is 31.6 Å². The first-order valence-electron chi connectivity index (χ1n) is 7.27. The van der Waals surface area contributed by atoms with Crippen LogP contribution in [0.3, 0.4) is 0 Å². The Morgan fingerprint density at radius 2 is 1.95 bits per heavy atom. The first kappa shape index (κ1) is 18.5. The maximum absolute atomic E-state index is 13.5. The average molecular weight is 327 g/mol. The molecule has 0 radical (unpaired) electrons. The molecule has 0 aliphatic rings. The molecule has 0 atom stereocenters. The van der Waals surface area contributed by atoms with E-state index in [9.17, 15) is 14.0 Å². The zero-order chi connectivity index (χ0) is 16.5. The lowest BCUT2D eigenvalue weighted by atomic mass is 10.2. The standard InChI is InChI=1S/C16H22FNO3S/c1-12(2)11-18(9-7-16(20)21)15(19)8-10-22-14-6-4-3-5-13(14)17/h3-6,12H,7-11H2,1-2H3,(H,20,21). The second-order valence-electron chi connectivity index (χ2n) is 5.41. The second kappa shape index (κ2) is 9.46. The third kappa shape index (κ3) is 6.93. The molecular weight excluding hydrogens is 305 g/mol. The molecule has 122 valence electrons. The molecule has 1 aromatic carbocycles. The van der Waals surface area contributed by atoms with Crippen LogP contribution in [-0.4, -0.2) is 40.7 Å². The summed E-state index contributed by atoms with van der Waals surface area (Å²) in [7, 11) is 0. The van der Waals surface area contributed by atoms with Crippen LogP contribution in [0.4, 0.5) is 4.39 Å². The summed E-state index contributed by atoms with van der Waals surface area (Å²) < 4.78 is 13.5. The highest BCUT2D eigenvalue weighted by atomic mass is 32.2. The van der Waals surface area contributed by atoms with Crippen molar-refractivity contribution in [3.05, 3.63) is 30.1 Å². The van der Waals surface area contributed by atoms with Crippen molar-refractivity contribution in [1.29, 1.82) is 0 Å². The maximum atomic E-state index is 13.5. The van der Waals surface area contributed by atoms with Crippen LogP contribution >= 0.6 is 11.8 Å². The van der Waals surface area contributed by atoms with Gasteiger partial charge in [0.25, 0.3) is 0 Å². The zero-order valence-corrected chi connectivity index (χ0v) is 13.7. The molecule has 1 N–H and O–H groups in total. The summed E-state index contributed by atoms with van der Waals surface area (Å²) in [6, 6.07) is 6.45. The van der Waals surface area contributed by atoms with Gasteiger partial charge in [-0.2, -0.15) is 0 Å².